The van der Waals surface area contributed by atoms with E-state index in [9.17, 15) is 9.59 Å². The third-order valence-electron chi connectivity index (χ3n) is 5.61. The maximum Gasteiger partial charge on any atom is 0.274 e. The quantitative estimate of drug-likeness (QED) is 0.767. The lowest BCUT2D eigenvalue weighted by Crippen LogP contribution is -2.61. The summed E-state index contributed by atoms with van der Waals surface area (Å²) in [5, 5.41) is 7.78. The predicted octanol–water partition coefficient (Wildman–Crippen LogP) is -0.123. The van der Waals surface area contributed by atoms with Crippen molar-refractivity contribution < 1.29 is 9.59 Å². The van der Waals surface area contributed by atoms with Gasteiger partial charge in [-0.1, -0.05) is 0 Å². The number of amides is 2. The van der Waals surface area contributed by atoms with Gasteiger partial charge in [-0.15, -0.1) is 0 Å². The fraction of sp³-hybridized carbons (Fsp3) is 0.556. The zero-order valence-corrected chi connectivity index (χ0v) is 15.9. The Morgan fingerprint density at radius 2 is 2.04 bits per heavy atom. The number of carbonyl (C=O) groups excluding carboxylic acids is 2. The van der Waals surface area contributed by atoms with Gasteiger partial charge >= 0.3 is 0 Å². The molecule has 2 N–H and O–H groups in total. The van der Waals surface area contributed by atoms with Gasteiger partial charge in [0.15, 0.2) is 0 Å². The number of carbonyl (C=O) groups is 2. The van der Waals surface area contributed by atoms with Crippen LogP contribution in [0.4, 0.5) is 0 Å². The van der Waals surface area contributed by atoms with Gasteiger partial charge in [0.25, 0.3) is 5.91 Å². The number of likely N-dealkylation sites (tertiary alicyclic amines) is 1. The molecule has 4 rings (SSSR count). The number of H-pyrrole nitrogens is 1. The third kappa shape index (κ3) is 3.01. The lowest BCUT2D eigenvalue weighted by molar-refractivity contribution is -0.132. The summed E-state index contributed by atoms with van der Waals surface area (Å²) in [6.07, 6.45) is 5.49. The molecule has 144 valence electrons. The minimum Gasteiger partial charge on any atom is -0.348 e. The summed E-state index contributed by atoms with van der Waals surface area (Å²) in [4.78, 5) is 36.5. The number of aromatic amines is 1. The number of rotatable bonds is 2. The number of fused-ring (bicyclic) bond motifs is 2. The highest BCUT2D eigenvalue weighted by Crippen LogP contribution is 2.37. The summed E-state index contributed by atoms with van der Waals surface area (Å²) in [5.41, 5.74) is 2.07. The fourth-order valence-corrected chi connectivity index (χ4v) is 4.17. The van der Waals surface area contributed by atoms with Crippen LogP contribution in [-0.4, -0.2) is 74.6 Å². The third-order valence-corrected chi connectivity index (χ3v) is 5.61. The van der Waals surface area contributed by atoms with E-state index in [0.29, 0.717) is 38.0 Å². The first-order valence-corrected chi connectivity index (χ1v) is 9.20. The monoisotopic (exact) mass is 371 g/mol. The molecule has 27 heavy (non-hydrogen) atoms. The second-order valence-electron chi connectivity index (χ2n) is 7.61. The average molecular weight is 371 g/mol. The van der Waals surface area contributed by atoms with Crippen molar-refractivity contribution in [3.8, 4) is 0 Å². The number of aromatic nitrogens is 4. The summed E-state index contributed by atoms with van der Waals surface area (Å²) >= 11 is 0. The van der Waals surface area contributed by atoms with Crippen LogP contribution in [0, 0.1) is 0 Å². The van der Waals surface area contributed by atoms with Crippen molar-refractivity contribution in [3.05, 3.63) is 35.7 Å². The van der Waals surface area contributed by atoms with Crippen LogP contribution in [0.25, 0.3) is 0 Å². The van der Waals surface area contributed by atoms with Crippen LogP contribution in [0.2, 0.25) is 0 Å². The van der Waals surface area contributed by atoms with Crippen LogP contribution < -0.4 is 5.32 Å². The SMILES string of the molecule is CN(C)C(=O)[C@@H]1Cc2[nH]cnc2C2(CCN(C(=O)c3ccn(C)n3)CC2)N1. The normalized spacial score (nSPS) is 21.1. The molecule has 4 heterocycles. The highest BCUT2D eigenvalue weighted by atomic mass is 16.2. The number of hydrogen-bond acceptors (Lipinski definition) is 5. The van der Waals surface area contributed by atoms with E-state index in [1.165, 1.54) is 0 Å². The minimum absolute atomic E-state index is 0.0515. The molecule has 9 heteroatoms. The standard InChI is InChI=1S/C18H25N7O2/c1-23(2)16(26)14-10-13-15(20-11-19-13)18(21-14)5-8-25(9-6-18)17(27)12-4-7-24(3)22-12/h4,7,11,14,21H,5-6,8-10H2,1-3H3,(H,19,20)/t14-/m0/s1. The van der Waals surface area contributed by atoms with Crippen molar-refractivity contribution in [1.82, 2.24) is 34.9 Å². The molecular formula is C18H25N7O2. The molecule has 2 aliphatic rings. The van der Waals surface area contributed by atoms with Crippen LogP contribution in [0.5, 0.6) is 0 Å². The smallest absolute Gasteiger partial charge is 0.274 e. The Balaban J connectivity index is 1.54. The molecule has 0 saturated carbocycles. The second kappa shape index (κ2) is 6.49. The van der Waals surface area contributed by atoms with E-state index >= 15 is 0 Å². The molecule has 0 aliphatic carbocycles. The molecule has 2 aliphatic heterocycles. The molecule has 0 unspecified atom stereocenters. The first-order valence-electron chi connectivity index (χ1n) is 9.20. The van der Waals surface area contributed by atoms with Crippen molar-refractivity contribution in [2.45, 2.75) is 30.8 Å². The summed E-state index contributed by atoms with van der Waals surface area (Å²) in [6, 6.07) is 1.45. The summed E-state index contributed by atoms with van der Waals surface area (Å²) < 4.78 is 1.63. The van der Waals surface area contributed by atoms with Gasteiger partial charge in [-0.25, -0.2) is 4.98 Å². The number of hydrogen-bond donors (Lipinski definition) is 2. The lowest BCUT2D eigenvalue weighted by Gasteiger charge is -2.46. The summed E-state index contributed by atoms with van der Waals surface area (Å²) in [7, 11) is 5.34. The largest absolute Gasteiger partial charge is 0.348 e. The number of likely N-dealkylation sites (N-methyl/N-ethyl adjacent to an activating group) is 1. The molecular weight excluding hydrogens is 346 g/mol. The van der Waals surface area contributed by atoms with Crippen LogP contribution in [0.1, 0.15) is 34.7 Å². The molecule has 9 nitrogen and oxygen atoms in total. The number of piperidine rings is 1. The fourth-order valence-electron chi connectivity index (χ4n) is 4.17. The number of nitrogens with zero attached hydrogens (tertiary/aromatic N) is 5. The zero-order valence-electron chi connectivity index (χ0n) is 15.9. The molecule has 2 aromatic heterocycles. The number of imidazole rings is 1. The molecule has 2 aromatic rings. The van der Waals surface area contributed by atoms with E-state index in [2.05, 4.69) is 20.4 Å². The van der Waals surface area contributed by atoms with E-state index in [-0.39, 0.29) is 23.4 Å². The Kier molecular flexibility index (Phi) is 4.26. The first-order chi connectivity index (χ1) is 12.9. The van der Waals surface area contributed by atoms with Gasteiger partial charge in [-0.2, -0.15) is 5.10 Å². The average Bonchev–Trinajstić information content (AvgIpc) is 3.30. The van der Waals surface area contributed by atoms with Crippen LogP contribution in [-0.2, 0) is 23.8 Å². The molecule has 1 saturated heterocycles. The van der Waals surface area contributed by atoms with Crippen LogP contribution >= 0.6 is 0 Å². The van der Waals surface area contributed by atoms with Crippen molar-refractivity contribution in [3.63, 3.8) is 0 Å². The van der Waals surface area contributed by atoms with Crippen molar-refractivity contribution in [2.75, 3.05) is 27.2 Å². The van der Waals surface area contributed by atoms with Gasteiger partial charge in [-0.05, 0) is 18.9 Å². The Hall–Kier alpha value is -2.68. The van der Waals surface area contributed by atoms with Gasteiger partial charge in [-0.3, -0.25) is 19.6 Å². The molecule has 0 aromatic carbocycles. The summed E-state index contributed by atoms with van der Waals surface area (Å²) in [6.45, 7) is 1.19. The summed E-state index contributed by atoms with van der Waals surface area (Å²) in [5.74, 6) is 0.00560. The predicted molar refractivity (Wildman–Crippen MR) is 97.9 cm³/mol. The van der Waals surface area contributed by atoms with Crippen LogP contribution in [0.3, 0.4) is 0 Å². The molecule has 0 radical (unpaired) electrons. The Bertz CT molecular complexity index is 861. The maximum atomic E-state index is 12.7. The number of nitrogens with one attached hydrogen (secondary N) is 2. The van der Waals surface area contributed by atoms with Gasteiger partial charge in [0.05, 0.1) is 23.6 Å². The van der Waals surface area contributed by atoms with Crippen molar-refractivity contribution in [1.29, 1.82) is 0 Å². The van der Waals surface area contributed by atoms with E-state index in [0.717, 1.165) is 11.4 Å². The maximum absolute atomic E-state index is 12.7. The minimum atomic E-state index is -0.384. The Morgan fingerprint density at radius 1 is 1.30 bits per heavy atom. The molecule has 0 bridgehead atoms. The number of aryl methyl sites for hydroxylation is 1. The lowest BCUT2D eigenvalue weighted by atomic mass is 9.78. The van der Waals surface area contributed by atoms with Gasteiger partial charge in [0.1, 0.15) is 5.69 Å². The van der Waals surface area contributed by atoms with Gasteiger partial charge in [0.2, 0.25) is 5.91 Å². The second-order valence-corrected chi connectivity index (χ2v) is 7.61. The molecule has 1 fully saturated rings. The van der Waals surface area contributed by atoms with E-state index < -0.39 is 0 Å². The van der Waals surface area contributed by atoms with E-state index in [1.807, 2.05) is 4.90 Å². The van der Waals surface area contributed by atoms with E-state index in [1.54, 1.807) is 49.3 Å². The van der Waals surface area contributed by atoms with Gasteiger partial charge < -0.3 is 14.8 Å². The zero-order chi connectivity index (χ0) is 19.2. The van der Waals surface area contributed by atoms with E-state index in [4.69, 9.17) is 0 Å². The first kappa shape index (κ1) is 17.7. The van der Waals surface area contributed by atoms with Crippen molar-refractivity contribution >= 4 is 11.8 Å². The molecule has 1 atom stereocenters. The van der Waals surface area contributed by atoms with Crippen LogP contribution in [0.15, 0.2) is 18.6 Å². The van der Waals surface area contributed by atoms with Gasteiger partial charge in [0, 0.05) is 52.5 Å². The topological polar surface area (TPSA) is 99.2 Å². The highest BCUT2D eigenvalue weighted by molar-refractivity contribution is 5.92. The Labute approximate surface area is 157 Å². The van der Waals surface area contributed by atoms with Crippen molar-refractivity contribution in [2.24, 2.45) is 7.05 Å². The molecule has 2 amide bonds. The highest BCUT2D eigenvalue weighted by Gasteiger charge is 2.46. The Morgan fingerprint density at radius 3 is 2.67 bits per heavy atom. The molecule has 1 spiro atoms.